The summed E-state index contributed by atoms with van der Waals surface area (Å²) in [5, 5.41) is 0. The monoisotopic (exact) mass is 291 g/mol. The number of likely N-dealkylation sites (tertiary alicyclic amines) is 1. The molecule has 3 heterocycles. The fourth-order valence-corrected chi connectivity index (χ4v) is 3.41. The molecule has 0 saturated carbocycles. The summed E-state index contributed by atoms with van der Waals surface area (Å²) in [6.07, 6.45) is 7.81. The molecule has 2 fully saturated rings. The van der Waals surface area contributed by atoms with E-state index in [1.165, 1.54) is 44.5 Å². The normalized spacial score (nSPS) is 22.3. The molecule has 0 radical (unpaired) electrons. The Morgan fingerprint density at radius 3 is 2.38 bits per heavy atom. The smallest absolute Gasteiger partial charge is 0.0594 e. The van der Waals surface area contributed by atoms with Crippen molar-refractivity contribution in [2.24, 2.45) is 0 Å². The van der Waals surface area contributed by atoms with E-state index in [1.54, 1.807) is 0 Å². The van der Waals surface area contributed by atoms with Crippen molar-refractivity contribution in [3.05, 3.63) is 24.0 Å². The number of ether oxygens (including phenoxy) is 1. The van der Waals surface area contributed by atoms with Crippen LogP contribution in [0.3, 0.4) is 0 Å². The van der Waals surface area contributed by atoms with Gasteiger partial charge in [0.2, 0.25) is 0 Å². The molecule has 118 valence electrons. The van der Waals surface area contributed by atoms with E-state index >= 15 is 0 Å². The minimum Gasteiger partial charge on any atom is -0.379 e. The number of hydrogen-bond donors (Lipinski definition) is 0. The lowest BCUT2D eigenvalue weighted by molar-refractivity contribution is 0.0362. The molecule has 0 atom stereocenters. The van der Waals surface area contributed by atoms with Gasteiger partial charge in [0.1, 0.15) is 0 Å². The second-order valence-electron chi connectivity index (χ2n) is 6.34. The van der Waals surface area contributed by atoms with Crippen molar-refractivity contribution in [3.63, 3.8) is 0 Å². The molecule has 2 aliphatic rings. The van der Waals surface area contributed by atoms with Gasteiger partial charge in [0.15, 0.2) is 0 Å². The molecule has 0 spiro atoms. The Hall–Kier alpha value is -0.840. The molecular formula is C17H29N3O. The van der Waals surface area contributed by atoms with E-state index in [1.807, 2.05) is 0 Å². The van der Waals surface area contributed by atoms with Gasteiger partial charge in [-0.15, -0.1) is 0 Å². The zero-order chi connectivity index (χ0) is 14.3. The van der Waals surface area contributed by atoms with E-state index in [-0.39, 0.29) is 0 Å². The topological polar surface area (TPSA) is 20.6 Å². The second-order valence-corrected chi connectivity index (χ2v) is 6.34. The van der Waals surface area contributed by atoms with E-state index < -0.39 is 0 Å². The number of rotatable bonds is 5. The molecule has 0 aliphatic carbocycles. The summed E-state index contributed by atoms with van der Waals surface area (Å²) in [7, 11) is 0. The summed E-state index contributed by atoms with van der Waals surface area (Å²) in [4.78, 5) is 5.15. The van der Waals surface area contributed by atoms with Gasteiger partial charge in [0.25, 0.3) is 0 Å². The Labute approximate surface area is 128 Å². The minimum absolute atomic E-state index is 0.895. The van der Waals surface area contributed by atoms with Crippen LogP contribution in [0, 0.1) is 0 Å². The molecule has 2 aliphatic heterocycles. The minimum atomic E-state index is 0.895. The molecule has 0 amide bonds. The average molecular weight is 291 g/mol. The molecule has 1 aromatic heterocycles. The van der Waals surface area contributed by atoms with Crippen LogP contribution in [-0.2, 0) is 17.8 Å². The van der Waals surface area contributed by atoms with E-state index in [9.17, 15) is 0 Å². The van der Waals surface area contributed by atoms with Crippen LogP contribution in [0.5, 0.6) is 0 Å². The van der Waals surface area contributed by atoms with Crippen molar-refractivity contribution in [1.82, 2.24) is 14.4 Å². The Bertz CT molecular complexity index is 404. The molecule has 3 rings (SSSR count). The zero-order valence-corrected chi connectivity index (χ0v) is 13.2. The Morgan fingerprint density at radius 1 is 0.857 bits per heavy atom. The van der Waals surface area contributed by atoms with E-state index in [4.69, 9.17) is 4.74 Å². The predicted octanol–water partition coefficient (Wildman–Crippen LogP) is 2.20. The van der Waals surface area contributed by atoms with Crippen LogP contribution in [0.25, 0.3) is 0 Å². The lowest BCUT2D eigenvalue weighted by Crippen LogP contribution is -2.38. The summed E-state index contributed by atoms with van der Waals surface area (Å²) < 4.78 is 7.86. The predicted molar refractivity (Wildman–Crippen MR) is 85.4 cm³/mol. The standard InChI is InChI=1S/C17H29N3O/c1-2-4-8-19(7-3-1)16-17-6-5-9-20(17)11-10-18-12-14-21-15-13-18/h5-6,9H,1-4,7-8,10-16H2. The number of aromatic nitrogens is 1. The maximum absolute atomic E-state index is 5.42. The van der Waals surface area contributed by atoms with Gasteiger partial charge in [0, 0.05) is 44.6 Å². The highest BCUT2D eigenvalue weighted by molar-refractivity contribution is 5.07. The van der Waals surface area contributed by atoms with Crippen molar-refractivity contribution < 1.29 is 4.74 Å². The molecule has 0 aromatic carbocycles. The van der Waals surface area contributed by atoms with Gasteiger partial charge in [-0.25, -0.2) is 0 Å². The SMILES string of the molecule is c1cc(CN2CCCCCC2)n(CCN2CCOCC2)c1. The maximum Gasteiger partial charge on any atom is 0.0594 e. The first-order chi connectivity index (χ1) is 10.4. The van der Waals surface area contributed by atoms with E-state index in [0.717, 1.165) is 45.9 Å². The first-order valence-corrected chi connectivity index (χ1v) is 8.58. The molecule has 2 saturated heterocycles. The fraction of sp³-hybridized carbons (Fsp3) is 0.765. The van der Waals surface area contributed by atoms with Gasteiger partial charge in [-0.2, -0.15) is 0 Å². The first-order valence-electron chi connectivity index (χ1n) is 8.58. The van der Waals surface area contributed by atoms with Crippen molar-refractivity contribution in [2.75, 3.05) is 45.9 Å². The third kappa shape index (κ3) is 4.56. The average Bonchev–Trinajstić information content (AvgIpc) is 2.79. The third-order valence-electron chi connectivity index (χ3n) is 4.77. The third-order valence-corrected chi connectivity index (χ3v) is 4.77. The molecule has 4 nitrogen and oxygen atoms in total. The summed E-state index contributed by atoms with van der Waals surface area (Å²) in [6.45, 7) is 9.88. The van der Waals surface area contributed by atoms with Gasteiger partial charge < -0.3 is 9.30 Å². The Morgan fingerprint density at radius 2 is 1.62 bits per heavy atom. The van der Waals surface area contributed by atoms with Crippen molar-refractivity contribution in [2.45, 2.75) is 38.8 Å². The van der Waals surface area contributed by atoms with Crippen molar-refractivity contribution in [1.29, 1.82) is 0 Å². The Balaban J connectivity index is 1.50. The van der Waals surface area contributed by atoms with Crippen molar-refractivity contribution in [3.8, 4) is 0 Å². The maximum atomic E-state index is 5.42. The van der Waals surface area contributed by atoms with Crippen LogP contribution in [0.2, 0.25) is 0 Å². The lowest BCUT2D eigenvalue weighted by atomic mass is 10.2. The second kappa shape index (κ2) is 7.97. The number of morpholine rings is 1. The van der Waals surface area contributed by atoms with Crippen LogP contribution in [-0.4, -0.2) is 60.3 Å². The summed E-state index contributed by atoms with van der Waals surface area (Å²) >= 11 is 0. The van der Waals surface area contributed by atoms with Crippen LogP contribution < -0.4 is 0 Å². The largest absolute Gasteiger partial charge is 0.379 e. The van der Waals surface area contributed by atoms with E-state index in [2.05, 4.69) is 32.7 Å². The van der Waals surface area contributed by atoms with Gasteiger partial charge in [-0.3, -0.25) is 9.80 Å². The highest BCUT2D eigenvalue weighted by Crippen LogP contribution is 2.14. The van der Waals surface area contributed by atoms with Crippen molar-refractivity contribution >= 4 is 0 Å². The molecular weight excluding hydrogens is 262 g/mol. The molecule has 0 unspecified atom stereocenters. The van der Waals surface area contributed by atoms with E-state index in [0.29, 0.717) is 0 Å². The summed E-state index contributed by atoms with van der Waals surface area (Å²) in [5.74, 6) is 0. The summed E-state index contributed by atoms with van der Waals surface area (Å²) in [5.41, 5.74) is 1.48. The quantitative estimate of drug-likeness (QED) is 0.829. The molecule has 4 heteroatoms. The molecule has 1 aromatic rings. The first kappa shape index (κ1) is 15.1. The molecule has 21 heavy (non-hydrogen) atoms. The number of nitrogens with zero attached hydrogens (tertiary/aromatic N) is 3. The zero-order valence-electron chi connectivity index (χ0n) is 13.2. The molecule has 0 N–H and O–H groups in total. The van der Waals surface area contributed by atoms with Gasteiger partial charge in [-0.05, 0) is 38.1 Å². The van der Waals surface area contributed by atoms with Gasteiger partial charge in [-0.1, -0.05) is 12.8 Å². The Kier molecular flexibility index (Phi) is 5.72. The highest BCUT2D eigenvalue weighted by Gasteiger charge is 2.13. The van der Waals surface area contributed by atoms with Crippen LogP contribution in [0.15, 0.2) is 18.3 Å². The molecule has 0 bridgehead atoms. The lowest BCUT2D eigenvalue weighted by Gasteiger charge is -2.27. The van der Waals surface area contributed by atoms with Crippen LogP contribution in [0.1, 0.15) is 31.4 Å². The van der Waals surface area contributed by atoms with Gasteiger partial charge >= 0.3 is 0 Å². The van der Waals surface area contributed by atoms with Gasteiger partial charge in [0.05, 0.1) is 13.2 Å². The fourth-order valence-electron chi connectivity index (χ4n) is 3.41. The van der Waals surface area contributed by atoms with Crippen LogP contribution in [0.4, 0.5) is 0 Å². The summed E-state index contributed by atoms with van der Waals surface area (Å²) in [6, 6.07) is 4.50. The number of hydrogen-bond acceptors (Lipinski definition) is 3. The van der Waals surface area contributed by atoms with Crippen LogP contribution >= 0.6 is 0 Å². The highest BCUT2D eigenvalue weighted by atomic mass is 16.5.